The van der Waals surface area contributed by atoms with Crippen molar-refractivity contribution in [1.29, 1.82) is 0 Å². The van der Waals surface area contributed by atoms with Crippen molar-refractivity contribution >= 4 is 11.8 Å². The van der Waals surface area contributed by atoms with Crippen molar-refractivity contribution < 1.29 is 19.1 Å². The zero-order chi connectivity index (χ0) is 17.4. The van der Waals surface area contributed by atoms with Gasteiger partial charge in [0.2, 0.25) is 11.8 Å². The van der Waals surface area contributed by atoms with Crippen molar-refractivity contribution in [2.45, 2.75) is 77.0 Å². The van der Waals surface area contributed by atoms with Crippen molar-refractivity contribution in [3.63, 3.8) is 0 Å². The molecule has 138 valence electrons. The van der Waals surface area contributed by atoms with Gasteiger partial charge in [-0.25, -0.2) is 0 Å². The van der Waals surface area contributed by atoms with Crippen molar-refractivity contribution in [2.24, 2.45) is 5.92 Å². The third kappa shape index (κ3) is 7.18. The van der Waals surface area contributed by atoms with Crippen LogP contribution in [0.5, 0.6) is 0 Å². The molecule has 0 aromatic carbocycles. The molecule has 2 saturated heterocycles. The minimum Gasteiger partial charge on any atom is -0.378 e. The van der Waals surface area contributed by atoms with Crippen LogP contribution in [0.25, 0.3) is 0 Å². The van der Waals surface area contributed by atoms with Gasteiger partial charge >= 0.3 is 0 Å². The fraction of sp³-hybridized carbons (Fsp3) is 0.889. The van der Waals surface area contributed by atoms with Crippen LogP contribution >= 0.6 is 0 Å². The summed E-state index contributed by atoms with van der Waals surface area (Å²) in [5.74, 6) is 0.470. The summed E-state index contributed by atoms with van der Waals surface area (Å²) in [5.41, 5.74) is 0. The van der Waals surface area contributed by atoms with Crippen LogP contribution in [-0.2, 0) is 19.1 Å². The number of carbonyl (C=O) groups excluding carboxylic acids is 2. The van der Waals surface area contributed by atoms with E-state index < -0.39 is 0 Å². The maximum absolute atomic E-state index is 12.2. The van der Waals surface area contributed by atoms with Gasteiger partial charge in [-0.3, -0.25) is 9.59 Å². The van der Waals surface area contributed by atoms with Crippen molar-refractivity contribution in [2.75, 3.05) is 19.8 Å². The Balaban J connectivity index is 1.72. The molecule has 0 aromatic heterocycles. The van der Waals surface area contributed by atoms with Gasteiger partial charge in [0.15, 0.2) is 0 Å². The normalized spacial score (nSPS) is 25.0. The third-order valence-electron chi connectivity index (χ3n) is 4.54. The van der Waals surface area contributed by atoms with E-state index in [9.17, 15) is 9.59 Å². The predicted molar refractivity (Wildman–Crippen MR) is 91.6 cm³/mol. The highest BCUT2D eigenvalue weighted by Crippen LogP contribution is 2.16. The number of amides is 2. The molecule has 2 aliphatic rings. The van der Waals surface area contributed by atoms with Crippen LogP contribution < -0.4 is 10.6 Å². The Hall–Kier alpha value is -1.14. The quantitative estimate of drug-likeness (QED) is 0.671. The SMILES string of the molecule is CC(C)C[C@H](CNC(=O)C[C@@H]1CCCO1)NC(=O)C[C@H]1CCCO1. The number of nitrogens with one attached hydrogen (secondary N) is 2. The molecule has 0 aliphatic carbocycles. The van der Waals surface area contributed by atoms with Gasteiger partial charge in [0.25, 0.3) is 0 Å². The highest BCUT2D eigenvalue weighted by atomic mass is 16.5. The Morgan fingerprint density at radius 2 is 1.58 bits per heavy atom. The largest absolute Gasteiger partial charge is 0.378 e. The van der Waals surface area contributed by atoms with E-state index in [1.165, 1.54) is 0 Å². The van der Waals surface area contributed by atoms with E-state index >= 15 is 0 Å². The van der Waals surface area contributed by atoms with Crippen LogP contribution in [0, 0.1) is 5.92 Å². The second kappa shape index (κ2) is 9.99. The van der Waals surface area contributed by atoms with Crippen molar-refractivity contribution in [3.05, 3.63) is 0 Å². The van der Waals surface area contributed by atoms with Gasteiger partial charge in [-0.05, 0) is 38.0 Å². The number of hydrogen-bond donors (Lipinski definition) is 2. The summed E-state index contributed by atoms with van der Waals surface area (Å²) in [4.78, 5) is 24.2. The van der Waals surface area contributed by atoms with E-state index in [0.29, 0.717) is 25.3 Å². The molecule has 0 saturated carbocycles. The Morgan fingerprint density at radius 3 is 2.08 bits per heavy atom. The molecule has 2 N–H and O–H groups in total. The first-order valence-corrected chi connectivity index (χ1v) is 9.32. The average molecular weight is 340 g/mol. The standard InChI is InChI=1S/C18H32N2O4/c1-13(2)9-14(20-18(22)11-16-6-4-8-24-16)12-19-17(21)10-15-5-3-7-23-15/h13-16H,3-12H2,1-2H3,(H,19,21)(H,20,22)/t14-,15+,16-/m1/s1. The second-order valence-electron chi connectivity index (χ2n) is 7.38. The average Bonchev–Trinajstić information content (AvgIpc) is 3.18. The smallest absolute Gasteiger partial charge is 0.222 e. The molecule has 0 radical (unpaired) electrons. The van der Waals surface area contributed by atoms with Crippen LogP contribution in [0.15, 0.2) is 0 Å². The van der Waals surface area contributed by atoms with E-state index in [1.807, 2.05) is 0 Å². The van der Waals surface area contributed by atoms with E-state index in [-0.39, 0.29) is 30.1 Å². The fourth-order valence-corrected chi connectivity index (χ4v) is 3.38. The molecule has 6 nitrogen and oxygen atoms in total. The fourth-order valence-electron chi connectivity index (χ4n) is 3.38. The topological polar surface area (TPSA) is 76.7 Å². The number of rotatable bonds is 9. The van der Waals surface area contributed by atoms with Crippen LogP contribution in [0.2, 0.25) is 0 Å². The maximum Gasteiger partial charge on any atom is 0.222 e. The zero-order valence-corrected chi connectivity index (χ0v) is 15.0. The van der Waals surface area contributed by atoms with E-state index in [4.69, 9.17) is 9.47 Å². The molecular formula is C18H32N2O4. The Labute approximate surface area is 145 Å². The molecule has 2 aliphatic heterocycles. The second-order valence-corrected chi connectivity index (χ2v) is 7.38. The first-order valence-electron chi connectivity index (χ1n) is 9.32. The summed E-state index contributed by atoms with van der Waals surface area (Å²) in [7, 11) is 0. The Bertz CT molecular complexity index is 402. The molecule has 0 unspecified atom stereocenters. The van der Waals surface area contributed by atoms with Gasteiger partial charge in [-0.15, -0.1) is 0 Å². The highest BCUT2D eigenvalue weighted by Gasteiger charge is 2.23. The number of hydrogen-bond acceptors (Lipinski definition) is 4. The first-order chi connectivity index (χ1) is 11.5. The summed E-state index contributed by atoms with van der Waals surface area (Å²) in [5, 5.41) is 6.01. The molecule has 0 aromatic rings. The summed E-state index contributed by atoms with van der Waals surface area (Å²) >= 11 is 0. The molecular weight excluding hydrogens is 308 g/mol. The van der Waals surface area contributed by atoms with Gasteiger partial charge in [0, 0.05) is 25.8 Å². The lowest BCUT2D eigenvalue weighted by Gasteiger charge is -2.22. The minimum atomic E-state index is -0.0349. The minimum absolute atomic E-state index is 0.00373. The summed E-state index contributed by atoms with van der Waals surface area (Å²) < 4.78 is 11.0. The van der Waals surface area contributed by atoms with Crippen LogP contribution in [0.4, 0.5) is 0 Å². The summed E-state index contributed by atoms with van der Waals surface area (Å²) in [6, 6.07) is -0.0349. The molecule has 6 heteroatoms. The molecule has 2 fully saturated rings. The molecule has 0 spiro atoms. The lowest BCUT2D eigenvalue weighted by molar-refractivity contribution is -0.126. The first kappa shape index (κ1) is 19.2. The number of carbonyl (C=O) groups is 2. The van der Waals surface area contributed by atoms with Crippen molar-refractivity contribution in [3.8, 4) is 0 Å². The molecule has 24 heavy (non-hydrogen) atoms. The highest BCUT2D eigenvalue weighted by molar-refractivity contribution is 5.78. The Kier molecular flexibility index (Phi) is 7.99. The van der Waals surface area contributed by atoms with E-state index in [1.54, 1.807) is 0 Å². The Morgan fingerprint density at radius 1 is 1.00 bits per heavy atom. The summed E-state index contributed by atoms with van der Waals surface area (Å²) in [6.07, 6.45) is 5.77. The van der Waals surface area contributed by atoms with Crippen molar-refractivity contribution in [1.82, 2.24) is 10.6 Å². The van der Waals surface area contributed by atoms with Crippen LogP contribution in [-0.4, -0.2) is 49.8 Å². The van der Waals surface area contributed by atoms with Gasteiger partial charge in [0.1, 0.15) is 0 Å². The molecule has 2 rings (SSSR count). The van der Waals surface area contributed by atoms with Crippen LogP contribution in [0.1, 0.15) is 58.8 Å². The lowest BCUT2D eigenvalue weighted by atomic mass is 10.0. The molecule has 0 bridgehead atoms. The lowest BCUT2D eigenvalue weighted by Crippen LogP contribution is -2.45. The molecule has 3 atom stereocenters. The van der Waals surface area contributed by atoms with E-state index in [0.717, 1.165) is 45.3 Å². The zero-order valence-electron chi connectivity index (χ0n) is 15.0. The maximum atomic E-state index is 12.2. The summed E-state index contributed by atoms with van der Waals surface area (Å²) in [6.45, 7) is 6.22. The monoisotopic (exact) mass is 340 g/mol. The van der Waals surface area contributed by atoms with Crippen LogP contribution in [0.3, 0.4) is 0 Å². The predicted octanol–water partition coefficient (Wildman–Crippen LogP) is 1.77. The third-order valence-corrected chi connectivity index (χ3v) is 4.54. The number of ether oxygens (including phenoxy) is 2. The van der Waals surface area contributed by atoms with E-state index in [2.05, 4.69) is 24.5 Å². The van der Waals surface area contributed by atoms with Gasteiger partial charge in [0.05, 0.1) is 25.0 Å². The molecule has 2 amide bonds. The van der Waals surface area contributed by atoms with Gasteiger partial charge in [-0.1, -0.05) is 13.8 Å². The molecule has 2 heterocycles. The van der Waals surface area contributed by atoms with Gasteiger partial charge in [-0.2, -0.15) is 0 Å². The van der Waals surface area contributed by atoms with Gasteiger partial charge < -0.3 is 20.1 Å².